The summed E-state index contributed by atoms with van der Waals surface area (Å²) in [5.74, 6) is 1.98. The summed E-state index contributed by atoms with van der Waals surface area (Å²) in [6.45, 7) is 6.84. The van der Waals surface area contributed by atoms with Gasteiger partial charge in [0.05, 0.1) is 12.9 Å². The van der Waals surface area contributed by atoms with Crippen LogP contribution in [0.1, 0.15) is 31.9 Å². The van der Waals surface area contributed by atoms with E-state index in [0.29, 0.717) is 24.8 Å². The zero-order chi connectivity index (χ0) is 22.8. The second kappa shape index (κ2) is 12.8. The van der Waals surface area contributed by atoms with E-state index in [1.165, 1.54) is 0 Å². The molecule has 1 unspecified atom stereocenters. The number of nitrogens with zero attached hydrogens (tertiary/aromatic N) is 1. The molecule has 2 rings (SSSR count). The molecule has 0 heterocycles. The quantitative estimate of drug-likeness (QED) is 0.471. The third-order valence-corrected chi connectivity index (χ3v) is 6.29. The maximum absolute atomic E-state index is 13.1. The Morgan fingerprint density at radius 1 is 1.03 bits per heavy atom. The van der Waals surface area contributed by atoms with Crippen molar-refractivity contribution in [3.8, 4) is 5.75 Å². The molecule has 1 N–H and O–H groups in total. The maximum Gasteiger partial charge on any atom is 0.242 e. The predicted octanol–water partition coefficient (Wildman–Crippen LogP) is 4.88. The van der Waals surface area contributed by atoms with Crippen molar-refractivity contribution < 1.29 is 14.3 Å². The van der Waals surface area contributed by atoms with Crippen molar-refractivity contribution in [2.24, 2.45) is 5.92 Å². The number of thioether (sulfide) groups is 1. The zero-order valence-corrected chi connectivity index (χ0v) is 21.0. The van der Waals surface area contributed by atoms with Gasteiger partial charge in [0.1, 0.15) is 11.8 Å². The van der Waals surface area contributed by atoms with Gasteiger partial charge in [0.15, 0.2) is 0 Å². The van der Waals surface area contributed by atoms with E-state index < -0.39 is 6.04 Å². The van der Waals surface area contributed by atoms with Crippen LogP contribution in [0.3, 0.4) is 0 Å². The number of benzene rings is 2. The van der Waals surface area contributed by atoms with Crippen molar-refractivity contribution in [2.75, 3.05) is 19.4 Å². The van der Waals surface area contributed by atoms with Gasteiger partial charge in [-0.25, -0.2) is 0 Å². The van der Waals surface area contributed by atoms with Crippen molar-refractivity contribution >= 4 is 39.5 Å². The van der Waals surface area contributed by atoms with E-state index in [1.807, 2.05) is 62.4 Å². The molecular weight excluding hydrogens is 476 g/mol. The molecule has 0 saturated heterocycles. The molecule has 0 bridgehead atoms. The van der Waals surface area contributed by atoms with Crippen molar-refractivity contribution in [3.63, 3.8) is 0 Å². The molecule has 0 aliphatic carbocycles. The summed E-state index contributed by atoms with van der Waals surface area (Å²) in [4.78, 5) is 27.4. The molecule has 0 fully saturated rings. The van der Waals surface area contributed by atoms with Crippen LogP contribution >= 0.6 is 27.7 Å². The van der Waals surface area contributed by atoms with Crippen LogP contribution < -0.4 is 10.1 Å². The van der Waals surface area contributed by atoms with Crippen LogP contribution in [-0.2, 0) is 21.9 Å². The summed E-state index contributed by atoms with van der Waals surface area (Å²) in [5.41, 5.74) is 2.11. The van der Waals surface area contributed by atoms with Crippen LogP contribution in [0.5, 0.6) is 5.75 Å². The molecule has 168 valence electrons. The van der Waals surface area contributed by atoms with Gasteiger partial charge in [-0.05, 0) is 48.2 Å². The van der Waals surface area contributed by atoms with Gasteiger partial charge in [0, 0.05) is 23.3 Å². The van der Waals surface area contributed by atoms with Gasteiger partial charge in [-0.15, -0.1) is 11.8 Å². The summed E-state index contributed by atoms with van der Waals surface area (Å²) in [5, 5.41) is 2.94. The lowest BCUT2D eigenvalue weighted by atomic mass is 10.1. The van der Waals surface area contributed by atoms with Crippen LogP contribution in [0.2, 0.25) is 0 Å². The van der Waals surface area contributed by atoms with Crippen LogP contribution in [0.15, 0.2) is 53.0 Å². The van der Waals surface area contributed by atoms with Gasteiger partial charge in [0.2, 0.25) is 11.8 Å². The van der Waals surface area contributed by atoms with Crippen molar-refractivity contribution in [1.29, 1.82) is 0 Å². The lowest BCUT2D eigenvalue weighted by Gasteiger charge is -2.29. The number of amides is 2. The molecule has 2 aromatic carbocycles. The number of rotatable bonds is 11. The number of ether oxygens (including phenoxy) is 1. The Morgan fingerprint density at radius 2 is 1.65 bits per heavy atom. The number of halogens is 1. The van der Waals surface area contributed by atoms with Crippen LogP contribution in [0, 0.1) is 5.92 Å². The smallest absolute Gasteiger partial charge is 0.242 e. The Bertz CT molecular complexity index is 841. The van der Waals surface area contributed by atoms with E-state index in [4.69, 9.17) is 4.74 Å². The average molecular weight is 507 g/mol. The van der Waals surface area contributed by atoms with Gasteiger partial charge < -0.3 is 15.0 Å². The number of hydrogen-bond donors (Lipinski definition) is 1. The fraction of sp³-hybridized carbons (Fsp3) is 0.417. The molecule has 0 spiro atoms. The highest BCUT2D eigenvalue weighted by molar-refractivity contribution is 9.10. The molecule has 1 atom stereocenters. The largest absolute Gasteiger partial charge is 0.497 e. The molecule has 2 aromatic rings. The van der Waals surface area contributed by atoms with E-state index in [1.54, 1.807) is 30.7 Å². The molecule has 2 amide bonds. The van der Waals surface area contributed by atoms with E-state index in [2.05, 4.69) is 21.2 Å². The first-order valence-corrected chi connectivity index (χ1v) is 12.3. The summed E-state index contributed by atoms with van der Waals surface area (Å²) in [6, 6.07) is 15.1. The molecule has 31 heavy (non-hydrogen) atoms. The molecule has 5 nitrogen and oxygen atoms in total. The molecular formula is C24H31BrN2O3S. The summed E-state index contributed by atoms with van der Waals surface area (Å²) < 4.78 is 6.24. The van der Waals surface area contributed by atoms with Gasteiger partial charge in [-0.3, -0.25) is 9.59 Å². The fourth-order valence-electron chi connectivity index (χ4n) is 2.88. The standard InChI is InChI=1S/C24H31BrN2O3S/c1-17(2)13-26-24(29)18(3)27(14-19-7-11-22(30-4)12-8-19)23(28)16-31-15-20-5-9-21(25)10-6-20/h5-12,17-18H,13-16H2,1-4H3,(H,26,29). The summed E-state index contributed by atoms with van der Waals surface area (Å²) in [7, 11) is 1.62. The molecule has 7 heteroatoms. The highest BCUT2D eigenvalue weighted by Crippen LogP contribution is 2.19. The lowest BCUT2D eigenvalue weighted by Crippen LogP contribution is -2.48. The number of methoxy groups -OCH3 is 1. The number of hydrogen-bond acceptors (Lipinski definition) is 4. The SMILES string of the molecule is COc1ccc(CN(C(=O)CSCc2ccc(Br)cc2)C(C)C(=O)NCC(C)C)cc1. The van der Waals surface area contributed by atoms with E-state index in [0.717, 1.165) is 27.1 Å². The van der Waals surface area contributed by atoms with Gasteiger partial charge >= 0.3 is 0 Å². The Labute approximate surface area is 198 Å². The molecule has 0 aromatic heterocycles. The van der Waals surface area contributed by atoms with Crippen molar-refractivity contribution in [3.05, 3.63) is 64.1 Å². The predicted molar refractivity (Wildman–Crippen MR) is 131 cm³/mol. The molecule has 0 saturated carbocycles. The van der Waals surface area contributed by atoms with Crippen LogP contribution in [-0.4, -0.2) is 42.2 Å². The normalized spacial score (nSPS) is 11.8. The fourth-order valence-corrected chi connectivity index (χ4v) is 4.02. The average Bonchev–Trinajstić information content (AvgIpc) is 2.77. The second-order valence-electron chi connectivity index (χ2n) is 7.80. The Hall–Kier alpha value is -1.99. The zero-order valence-electron chi connectivity index (χ0n) is 18.6. The first-order chi connectivity index (χ1) is 14.8. The highest BCUT2D eigenvalue weighted by atomic mass is 79.9. The highest BCUT2D eigenvalue weighted by Gasteiger charge is 2.26. The Kier molecular flexibility index (Phi) is 10.4. The summed E-state index contributed by atoms with van der Waals surface area (Å²) in [6.07, 6.45) is 0. The van der Waals surface area contributed by atoms with Crippen molar-refractivity contribution in [1.82, 2.24) is 10.2 Å². The monoisotopic (exact) mass is 506 g/mol. The topological polar surface area (TPSA) is 58.6 Å². The van der Waals surface area contributed by atoms with Gasteiger partial charge in [-0.2, -0.15) is 0 Å². The van der Waals surface area contributed by atoms with Gasteiger partial charge in [0.25, 0.3) is 0 Å². The molecule has 0 aliphatic rings. The van der Waals surface area contributed by atoms with Crippen LogP contribution in [0.4, 0.5) is 0 Å². The van der Waals surface area contributed by atoms with E-state index in [9.17, 15) is 9.59 Å². The van der Waals surface area contributed by atoms with Crippen molar-refractivity contribution in [2.45, 2.75) is 39.1 Å². The maximum atomic E-state index is 13.1. The minimum atomic E-state index is -0.554. The Balaban J connectivity index is 2.05. The first-order valence-electron chi connectivity index (χ1n) is 10.3. The second-order valence-corrected chi connectivity index (χ2v) is 9.71. The number of nitrogens with one attached hydrogen (secondary N) is 1. The Morgan fingerprint density at radius 3 is 2.23 bits per heavy atom. The third kappa shape index (κ3) is 8.57. The van der Waals surface area contributed by atoms with E-state index in [-0.39, 0.29) is 11.8 Å². The number of carbonyl (C=O) groups excluding carboxylic acids is 2. The van der Waals surface area contributed by atoms with Gasteiger partial charge in [-0.1, -0.05) is 54.0 Å². The van der Waals surface area contributed by atoms with Crippen LogP contribution in [0.25, 0.3) is 0 Å². The van der Waals surface area contributed by atoms with E-state index >= 15 is 0 Å². The minimum absolute atomic E-state index is 0.0508. The lowest BCUT2D eigenvalue weighted by molar-refractivity contribution is -0.138. The summed E-state index contributed by atoms with van der Waals surface area (Å²) >= 11 is 4.99. The molecule has 0 aliphatic heterocycles. The first kappa shape index (κ1) is 25.3. The minimum Gasteiger partial charge on any atom is -0.497 e. The molecule has 0 radical (unpaired) electrons. The third-order valence-electron chi connectivity index (χ3n) is 4.77. The number of carbonyl (C=O) groups is 2.